The molecule has 0 saturated carbocycles. The van der Waals surface area contributed by atoms with E-state index in [4.69, 9.17) is 0 Å². The summed E-state index contributed by atoms with van der Waals surface area (Å²) >= 11 is 1.79. The molecule has 0 radical (unpaired) electrons. The van der Waals surface area contributed by atoms with E-state index in [2.05, 4.69) is 22.8 Å². The van der Waals surface area contributed by atoms with Gasteiger partial charge in [-0.15, -0.1) is 11.3 Å². The normalized spacial score (nSPS) is 16.9. The highest BCUT2D eigenvalue weighted by Crippen LogP contribution is 2.14. The van der Waals surface area contributed by atoms with Crippen LogP contribution in [0.1, 0.15) is 17.7 Å². The van der Waals surface area contributed by atoms with Gasteiger partial charge in [-0.2, -0.15) is 0 Å². The van der Waals surface area contributed by atoms with Gasteiger partial charge in [-0.05, 0) is 24.3 Å². The van der Waals surface area contributed by atoms with Crippen LogP contribution in [-0.4, -0.2) is 49.1 Å². The van der Waals surface area contributed by atoms with Gasteiger partial charge < -0.3 is 15.1 Å². The highest BCUT2D eigenvalue weighted by molar-refractivity contribution is 7.09. The molecule has 1 aliphatic rings. The molecule has 1 fully saturated rings. The zero-order chi connectivity index (χ0) is 13.0. The Morgan fingerprint density at radius 3 is 2.78 bits per heavy atom. The molecule has 0 aliphatic carbocycles. The van der Waals surface area contributed by atoms with Crippen molar-refractivity contribution >= 4 is 17.4 Å². The summed E-state index contributed by atoms with van der Waals surface area (Å²) in [5, 5.41) is 5.68. The van der Waals surface area contributed by atoms with Gasteiger partial charge in [0.25, 0.3) is 0 Å². The minimum absolute atomic E-state index is 0.131. The topological polar surface area (TPSA) is 35.6 Å². The van der Waals surface area contributed by atoms with E-state index in [9.17, 15) is 4.79 Å². The van der Waals surface area contributed by atoms with Gasteiger partial charge >= 0.3 is 6.03 Å². The molecule has 1 saturated heterocycles. The maximum Gasteiger partial charge on any atom is 0.319 e. The number of amides is 2. The number of piperidine rings is 1. The van der Waals surface area contributed by atoms with Gasteiger partial charge in [0, 0.05) is 44.6 Å². The number of hydrogen-bond donors (Lipinski definition) is 1. The van der Waals surface area contributed by atoms with Crippen molar-refractivity contribution in [1.82, 2.24) is 15.1 Å². The average Bonchev–Trinajstić information content (AvgIpc) is 2.89. The Kier molecular flexibility index (Phi) is 4.60. The molecule has 2 amide bonds. The van der Waals surface area contributed by atoms with Crippen LogP contribution in [0.25, 0.3) is 0 Å². The summed E-state index contributed by atoms with van der Waals surface area (Å²) in [4.78, 5) is 16.7. The molecule has 2 heterocycles. The molecule has 0 spiro atoms. The molecule has 0 unspecified atom stereocenters. The van der Waals surface area contributed by atoms with E-state index >= 15 is 0 Å². The molecule has 4 nitrogen and oxygen atoms in total. The first kappa shape index (κ1) is 13.4. The van der Waals surface area contributed by atoms with Crippen LogP contribution in [0.2, 0.25) is 0 Å². The summed E-state index contributed by atoms with van der Waals surface area (Å²) in [6.45, 7) is 2.67. The molecule has 5 heteroatoms. The van der Waals surface area contributed by atoms with Crippen LogP contribution in [0, 0.1) is 0 Å². The van der Waals surface area contributed by atoms with Gasteiger partial charge in [-0.3, -0.25) is 0 Å². The Hall–Kier alpha value is -1.07. The lowest BCUT2D eigenvalue weighted by Crippen LogP contribution is -2.47. The van der Waals surface area contributed by atoms with Crippen molar-refractivity contribution in [2.45, 2.75) is 25.4 Å². The molecule has 1 aromatic heterocycles. The predicted octanol–water partition coefficient (Wildman–Crippen LogP) is 1.98. The van der Waals surface area contributed by atoms with E-state index in [-0.39, 0.29) is 6.03 Å². The minimum Gasteiger partial charge on any atom is -0.331 e. The minimum atomic E-state index is 0.131. The van der Waals surface area contributed by atoms with Crippen LogP contribution in [-0.2, 0) is 6.54 Å². The van der Waals surface area contributed by atoms with Gasteiger partial charge in [0.15, 0.2) is 0 Å². The SMILES string of the molecule is CN(C)C(=O)N1CCC(NCc2cccs2)CC1. The van der Waals surface area contributed by atoms with E-state index in [1.165, 1.54) is 4.88 Å². The number of hydrogen-bond acceptors (Lipinski definition) is 3. The number of carbonyl (C=O) groups excluding carboxylic acids is 1. The van der Waals surface area contributed by atoms with E-state index < -0.39 is 0 Å². The standard InChI is InChI=1S/C13H21N3OS/c1-15(2)13(17)16-7-5-11(6-8-16)14-10-12-4-3-9-18-12/h3-4,9,11,14H,5-8,10H2,1-2H3. The van der Waals surface area contributed by atoms with Gasteiger partial charge in [0.05, 0.1) is 0 Å². The van der Waals surface area contributed by atoms with E-state index in [1.54, 1.807) is 16.2 Å². The highest BCUT2D eigenvalue weighted by Gasteiger charge is 2.23. The second kappa shape index (κ2) is 6.20. The fourth-order valence-corrected chi connectivity index (χ4v) is 2.87. The van der Waals surface area contributed by atoms with Crippen molar-refractivity contribution < 1.29 is 4.79 Å². The zero-order valence-electron chi connectivity index (χ0n) is 11.1. The predicted molar refractivity (Wildman–Crippen MR) is 74.8 cm³/mol. The van der Waals surface area contributed by atoms with Crippen molar-refractivity contribution in [2.75, 3.05) is 27.2 Å². The third-order valence-electron chi connectivity index (χ3n) is 3.29. The fourth-order valence-electron chi connectivity index (χ4n) is 2.22. The number of nitrogens with zero attached hydrogens (tertiary/aromatic N) is 2. The summed E-state index contributed by atoms with van der Waals surface area (Å²) in [5.74, 6) is 0. The summed E-state index contributed by atoms with van der Waals surface area (Å²) in [5.41, 5.74) is 0. The zero-order valence-corrected chi connectivity index (χ0v) is 11.9. The first-order valence-electron chi connectivity index (χ1n) is 6.39. The van der Waals surface area contributed by atoms with Crippen LogP contribution in [0.5, 0.6) is 0 Å². The van der Waals surface area contributed by atoms with Crippen molar-refractivity contribution in [3.8, 4) is 0 Å². The quantitative estimate of drug-likeness (QED) is 0.909. The van der Waals surface area contributed by atoms with E-state index in [0.29, 0.717) is 6.04 Å². The van der Waals surface area contributed by atoms with Crippen LogP contribution in [0.3, 0.4) is 0 Å². The Morgan fingerprint density at radius 2 is 2.22 bits per heavy atom. The van der Waals surface area contributed by atoms with Crippen molar-refractivity contribution in [1.29, 1.82) is 0 Å². The monoisotopic (exact) mass is 267 g/mol. The van der Waals surface area contributed by atoms with Crippen LogP contribution in [0.15, 0.2) is 17.5 Å². The molecule has 0 aromatic carbocycles. The van der Waals surface area contributed by atoms with E-state index in [0.717, 1.165) is 32.5 Å². The molecular weight excluding hydrogens is 246 g/mol. The first-order chi connectivity index (χ1) is 8.66. The number of urea groups is 1. The first-order valence-corrected chi connectivity index (χ1v) is 7.27. The molecule has 1 N–H and O–H groups in total. The molecule has 0 atom stereocenters. The number of carbonyl (C=O) groups is 1. The molecular formula is C13H21N3OS. The van der Waals surface area contributed by atoms with Crippen LogP contribution >= 0.6 is 11.3 Å². The number of rotatable bonds is 3. The lowest BCUT2D eigenvalue weighted by atomic mass is 10.1. The lowest BCUT2D eigenvalue weighted by Gasteiger charge is -2.34. The maximum absolute atomic E-state index is 11.8. The summed E-state index contributed by atoms with van der Waals surface area (Å²) in [6, 6.07) is 4.91. The smallest absolute Gasteiger partial charge is 0.319 e. The number of nitrogens with one attached hydrogen (secondary N) is 1. The van der Waals surface area contributed by atoms with Crippen LogP contribution < -0.4 is 5.32 Å². The van der Waals surface area contributed by atoms with Crippen LogP contribution in [0.4, 0.5) is 4.79 Å². The van der Waals surface area contributed by atoms with E-state index in [1.807, 2.05) is 19.0 Å². The van der Waals surface area contributed by atoms with Crippen molar-refractivity contribution in [2.24, 2.45) is 0 Å². The molecule has 100 valence electrons. The second-order valence-corrected chi connectivity index (χ2v) is 5.93. The Labute approximate surface area is 113 Å². The highest BCUT2D eigenvalue weighted by atomic mass is 32.1. The Balaban J connectivity index is 1.72. The number of likely N-dealkylation sites (tertiary alicyclic amines) is 1. The third-order valence-corrected chi connectivity index (χ3v) is 4.17. The molecule has 18 heavy (non-hydrogen) atoms. The van der Waals surface area contributed by atoms with Crippen molar-refractivity contribution in [3.63, 3.8) is 0 Å². The maximum atomic E-state index is 11.8. The molecule has 1 aliphatic heterocycles. The number of thiophene rings is 1. The second-order valence-electron chi connectivity index (χ2n) is 4.90. The molecule has 2 rings (SSSR count). The van der Waals surface area contributed by atoms with Gasteiger partial charge in [0.2, 0.25) is 0 Å². The third kappa shape index (κ3) is 3.46. The fraction of sp³-hybridized carbons (Fsp3) is 0.615. The Bertz CT molecular complexity index is 370. The summed E-state index contributed by atoms with van der Waals surface area (Å²) in [6.07, 6.45) is 2.09. The van der Waals surface area contributed by atoms with Crippen molar-refractivity contribution in [3.05, 3.63) is 22.4 Å². The largest absolute Gasteiger partial charge is 0.331 e. The molecule has 0 bridgehead atoms. The average molecular weight is 267 g/mol. The molecule has 1 aromatic rings. The van der Waals surface area contributed by atoms with Gasteiger partial charge in [-0.25, -0.2) is 4.79 Å². The summed E-state index contributed by atoms with van der Waals surface area (Å²) < 4.78 is 0. The van der Waals surface area contributed by atoms with Gasteiger partial charge in [-0.1, -0.05) is 6.07 Å². The lowest BCUT2D eigenvalue weighted by molar-refractivity contribution is 0.152. The Morgan fingerprint density at radius 1 is 1.50 bits per heavy atom. The van der Waals surface area contributed by atoms with Gasteiger partial charge in [0.1, 0.15) is 0 Å². The summed E-state index contributed by atoms with van der Waals surface area (Å²) in [7, 11) is 3.62.